The lowest BCUT2D eigenvalue weighted by Gasteiger charge is -2.14. The van der Waals surface area contributed by atoms with E-state index in [2.05, 4.69) is 38.5 Å². The molecule has 2 aromatic rings. The monoisotopic (exact) mass is 476 g/mol. The summed E-state index contributed by atoms with van der Waals surface area (Å²) in [6, 6.07) is 7.56. The second-order valence-electron chi connectivity index (χ2n) is 3.82. The maximum absolute atomic E-state index is 13.3. The van der Waals surface area contributed by atoms with Gasteiger partial charge in [0.15, 0.2) is 11.6 Å². The first-order chi connectivity index (χ1) is 8.90. The van der Waals surface area contributed by atoms with Crippen LogP contribution in [0.4, 0.5) is 8.78 Å². The van der Waals surface area contributed by atoms with Crippen LogP contribution in [0.15, 0.2) is 34.8 Å². The molecule has 100 valence electrons. The molecule has 0 aliphatic carbocycles. The van der Waals surface area contributed by atoms with Gasteiger partial charge in [-0.15, -0.1) is 11.6 Å². The summed E-state index contributed by atoms with van der Waals surface area (Å²) in [5.74, 6) is -1.95. The normalized spacial score (nSPS) is 12.5. The average molecular weight is 478 g/mol. The predicted molar refractivity (Wildman–Crippen MR) is 85.9 cm³/mol. The Labute approximate surface area is 141 Å². The van der Waals surface area contributed by atoms with E-state index in [4.69, 9.17) is 23.2 Å². The van der Waals surface area contributed by atoms with E-state index in [1.165, 1.54) is 0 Å². The van der Waals surface area contributed by atoms with E-state index < -0.39 is 17.0 Å². The smallest absolute Gasteiger partial charge is 0.160 e. The maximum atomic E-state index is 13.3. The van der Waals surface area contributed by atoms with E-state index in [9.17, 15) is 8.78 Å². The standard InChI is InChI=1S/C13H6BrCl2F2I/c14-6-1-2-12(19)8(3-6)13(16)7-4-10(17)11(18)5-9(7)15/h1-5,13H. The third kappa shape index (κ3) is 3.40. The van der Waals surface area contributed by atoms with E-state index in [0.29, 0.717) is 5.56 Å². The Kier molecular flexibility index (Phi) is 5.09. The van der Waals surface area contributed by atoms with E-state index in [0.717, 1.165) is 25.7 Å². The lowest BCUT2D eigenvalue weighted by atomic mass is 10.0. The average Bonchev–Trinajstić information content (AvgIpc) is 2.36. The van der Waals surface area contributed by atoms with E-state index in [-0.39, 0.29) is 5.02 Å². The summed E-state index contributed by atoms with van der Waals surface area (Å²) < 4.78 is 28.1. The summed E-state index contributed by atoms with van der Waals surface area (Å²) in [6.07, 6.45) is 0. The van der Waals surface area contributed by atoms with Crippen LogP contribution in [-0.4, -0.2) is 0 Å². The molecule has 0 amide bonds. The minimum Gasteiger partial charge on any atom is -0.204 e. The predicted octanol–water partition coefficient (Wildman–Crippen LogP) is 6.31. The van der Waals surface area contributed by atoms with E-state index >= 15 is 0 Å². The second-order valence-corrected chi connectivity index (χ2v) is 6.74. The molecule has 1 unspecified atom stereocenters. The minimum atomic E-state index is -0.985. The van der Waals surface area contributed by atoms with Crippen molar-refractivity contribution in [2.24, 2.45) is 0 Å². The fourth-order valence-electron chi connectivity index (χ4n) is 1.61. The molecule has 0 aliphatic heterocycles. The highest BCUT2D eigenvalue weighted by Gasteiger charge is 2.19. The molecule has 0 nitrogen and oxygen atoms in total. The van der Waals surface area contributed by atoms with Crippen molar-refractivity contribution in [2.75, 3.05) is 0 Å². The van der Waals surface area contributed by atoms with Crippen molar-refractivity contribution in [2.45, 2.75) is 5.38 Å². The quantitative estimate of drug-likeness (QED) is 0.270. The van der Waals surface area contributed by atoms with Gasteiger partial charge in [0, 0.05) is 13.1 Å². The first kappa shape index (κ1) is 15.5. The Hall–Kier alpha value is 0.0900. The molecule has 0 aromatic heterocycles. The lowest BCUT2D eigenvalue weighted by Crippen LogP contribution is -1.99. The molecule has 0 heterocycles. The van der Waals surface area contributed by atoms with Gasteiger partial charge in [0.1, 0.15) is 0 Å². The van der Waals surface area contributed by atoms with Gasteiger partial charge in [-0.05, 0) is 64.0 Å². The third-order valence-electron chi connectivity index (χ3n) is 2.54. The van der Waals surface area contributed by atoms with Crippen LogP contribution in [0.5, 0.6) is 0 Å². The lowest BCUT2D eigenvalue weighted by molar-refractivity contribution is 0.507. The van der Waals surface area contributed by atoms with Crippen LogP contribution in [0.3, 0.4) is 0 Å². The summed E-state index contributed by atoms with van der Waals surface area (Å²) >= 11 is 17.8. The van der Waals surface area contributed by atoms with Gasteiger partial charge >= 0.3 is 0 Å². The Morgan fingerprint density at radius 3 is 2.37 bits per heavy atom. The molecule has 0 spiro atoms. The second kappa shape index (κ2) is 6.24. The first-order valence-corrected chi connectivity index (χ1v) is 7.82. The Morgan fingerprint density at radius 2 is 1.68 bits per heavy atom. The number of alkyl halides is 1. The molecule has 0 N–H and O–H groups in total. The first-order valence-electron chi connectivity index (χ1n) is 5.13. The molecular formula is C13H6BrCl2F2I. The van der Waals surface area contributed by atoms with E-state index in [1.54, 1.807) is 0 Å². The third-order valence-corrected chi connectivity index (χ3v) is 4.82. The highest BCUT2D eigenvalue weighted by Crippen LogP contribution is 2.37. The van der Waals surface area contributed by atoms with Crippen LogP contribution in [0, 0.1) is 15.2 Å². The molecule has 2 aromatic carbocycles. The topological polar surface area (TPSA) is 0 Å². The summed E-state index contributed by atoms with van der Waals surface area (Å²) in [5.41, 5.74) is 1.13. The van der Waals surface area contributed by atoms with Gasteiger partial charge in [-0.3, -0.25) is 0 Å². The van der Waals surface area contributed by atoms with Gasteiger partial charge in [-0.25, -0.2) is 8.78 Å². The SMILES string of the molecule is Fc1cc(Cl)c(C(Cl)c2cc(Br)ccc2I)cc1F. The molecule has 2 rings (SSSR count). The Bertz CT molecular complexity index is 634. The number of halogens is 6. The summed E-state index contributed by atoms with van der Waals surface area (Å²) in [6.45, 7) is 0. The number of rotatable bonds is 2. The highest BCUT2D eigenvalue weighted by atomic mass is 127. The molecule has 0 saturated heterocycles. The van der Waals surface area contributed by atoms with Crippen LogP contribution in [0.2, 0.25) is 5.02 Å². The van der Waals surface area contributed by atoms with Crippen molar-refractivity contribution in [1.82, 2.24) is 0 Å². The fraction of sp³-hybridized carbons (Fsp3) is 0.0769. The van der Waals surface area contributed by atoms with Gasteiger partial charge in [0.05, 0.1) is 5.38 Å². The van der Waals surface area contributed by atoms with Crippen molar-refractivity contribution >= 4 is 61.7 Å². The molecule has 1 atom stereocenters. The van der Waals surface area contributed by atoms with Gasteiger partial charge in [0.25, 0.3) is 0 Å². The van der Waals surface area contributed by atoms with Crippen molar-refractivity contribution in [3.63, 3.8) is 0 Å². The van der Waals surface area contributed by atoms with Crippen LogP contribution in [-0.2, 0) is 0 Å². The van der Waals surface area contributed by atoms with E-state index in [1.807, 2.05) is 18.2 Å². The zero-order valence-corrected chi connectivity index (χ0v) is 14.5. The number of hydrogen-bond acceptors (Lipinski definition) is 0. The van der Waals surface area contributed by atoms with Gasteiger partial charge in [-0.2, -0.15) is 0 Å². The number of benzene rings is 2. The Morgan fingerprint density at radius 1 is 1.05 bits per heavy atom. The highest BCUT2D eigenvalue weighted by molar-refractivity contribution is 14.1. The minimum absolute atomic E-state index is 0.106. The van der Waals surface area contributed by atoms with Crippen LogP contribution in [0.1, 0.15) is 16.5 Å². The van der Waals surface area contributed by atoms with Gasteiger partial charge in [0.2, 0.25) is 0 Å². The van der Waals surface area contributed by atoms with Crippen LogP contribution in [0.25, 0.3) is 0 Å². The van der Waals surface area contributed by atoms with Crippen LogP contribution < -0.4 is 0 Å². The zero-order valence-electron chi connectivity index (χ0n) is 9.23. The molecule has 0 fully saturated rings. The molecule has 19 heavy (non-hydrogen) atoms. The summed E-state index contributed by atoms with van der Waals surface area (Å²) in [4.78, 5) is 0. The Balaban J connectivity index is 2.52. The van der Waals surface area contributed by atoms with Crippen molar-refractivity contribution in [1.29, 1.82) is 0 Å². The fourth-order valence-corrected chi connectivity index (χ4v) is 3.49. The van der Waals surface area contributed by atoms with Gasteiger partial charge < -0.3 is 0 Å². The molecule has 0 bridgehead atoms. The zero-order chi connectivity index (χ0) is 14.2. The summed E-state index contributed by atoms with van der Waals surface area (Å²) in [7, 11) is 0. The molecular weight excluding hydrogens is 472 g/mol. The van der Waals surface area contributed by atoms with Gasteiger partial charge in [-0.1, -0.05) is 27.5 Å². The summed E-state index contributed by atoms with van der Waals surface area (Å²) in [5, 5.41) is -0.540. The molecule has 0 aliphatic rings. The van der Waals surface area contributed by atoms with Crippen molar-refractivity contribution in [3.05, 3.63) is 66.2 Å². The van der Waals surface area contributed by atoms with Crippen molar-refractivity contribution < 1.29 is 8.78 Å². The number of hydrogen-bond donors (Lipinski definition) is 0. The van der Waals surface area contributed by atoms with Crippen molar-refractivity contribution in [3.8, 4) is 0 Å². The van der Waals surface area contributed by atoms with Crippen LogP contribution >= 0.6 is 61.7 Å². The largest absolute Gasteiger partial charge is 0.204 e. The molecule has 6 heteroatoms. The molecule has 0 radical (unpaired) electrons. The maximum Gasteiger partial charge on any atom is 0.160 e. The molecule has 0 saturated carbocycles.